The van der Waals surface area contributed by atoms with Crippen molar-refractivity contribution >= 4 is 0 Å². The van der Waals surface area contributed by atoms with Crippen LogP contribution < -0.4 is 5.73 Å². The smallest absolute Gasteiger partial charge is 0.0597 e. The molecule has 1 aromatic heterocycles. The number of hydrogen-bond donors (Lipinski definition) is 1. The Morgan fingerprint density at radius 3 is 3.00 bits per heavy atom. The van der Waals surface area contributed by atoms with E-state index in [1.54, 1.807) is 0 Å². The van der Waals surface area contributed by atoms with Crippen molar-refractivity contribution in [2.45, 2.75) is 32.7 Å². The summed E-state index contributed by atoms with van der Waals surface area (Å²) in [6, 6.07) is 2.19. The zero-order valence-corrected chi connectivity index (χ0v) is 11.0. The molecule has 1 aliphatic heterocycles. The van der Waals surface area contributed by atoms with Crippen LogP contribution in [-0.4, -0.2) is 34.3 Å². The first-order chi connectivity index (χ1) is 8.19. The van der Waals surface area contributed by atoms with E-state index >= 15 is 0 Å². The van der Waals surface area contributed by atoms with Gasteiger partial charge in [0.2, 0.25) is 0 Å². The Labute approximate surface area is 104 Å². The number of hydrogen-bond acceptors (Lipinski definition) is 3. The van der Waals surface area contributed by atoms with Crippen LogP contribution in [0.3, 0.4) is 0 Å². The monoisotopic (exact) mass is 236 g/mol. The van der Waals surface area contributed by atoms with Gasteiger partial charge in [0, 0.05) is 20.1 Å². The van der Waals surface area contributed by atoms with Crippen molar-refractivity contribution in [1.82, 2.24) is 14.7 Å². The number of piperidine rings is 1. The summed E-state index contributed by atoms with van der Waals surface area (Å²) in [6.45, 7) is 6.31. The van der Waals surface area contributed by atoms with Gasteiger partial charge < -0.3 is 5.73 Å². The van der Waals surface area contributed by atoms with Crippen LogP contribution in [0.2, 0.25) is 0 Å². The molecule has 17 heavy (non-hydrogen) atoms. The number of rotatable bonds is 4. The summed E-state index contributed by atoms with van der Waals surface area (Å²) in [5, 5.41) is 4.40. The molecule has 2 heterocycles. The molecule has 1 aliphatic rings. The summed E-state index contributed by atoms with van der Waals surface area (Å²) in [6.07, 6.45) is 3.82. The van der Waals surface area contributed by atoms with Crippen molar-refractivity contribution < 1.29 is 0 Å². The Bertz CT molecular complexity index is 356. The SMILES string of the molecule is Cc1cc(CN2CCCC(CCN)C2)n(C)n1. The van der Waals surface area contributed by atoms with Crippen molar-refractivity contribution in [2.24, 2.45) is 18.7 Å². The molecule has 2 rings (SSSR count). The first-order valence-corrected chi connectivity index (χ1v) is 6.61. The van der Waals surface area contributed by atoms with Crippen LogP contribution in [0.5, 0.6) is 0 Å². The van der Waals surface area contributed by atoms with E-state index < -0.39 is 0 Å². The van der Waals surface area contributed by atoms with Crippen molar-refractivity contribution in [3.05, 3.63) is 17.5 Å². The molecule has 0 saturated carbocycles. The molecule has 2 N–H and O–H groups in total. The van der Waals surface area contributed by atoms with Crippen LogP contribution in [-0.2, 0) is 13.6 Å². The third-order valence-electron chi connectivity index (χ3n) is 3.66. The highest BCUT2D eigenvalue weighted by atomic mass is 15.3. The molecule has 4 nitrogen and oxygen atoms in total. The number of nitrogens with two attached hydrogens (primary N) is 1. The molecular weight excluding hydrogens is 212 g/mol. The molecule has 0 aromatic carbocycles. The minimum atomic E-state index is 0.795. The van der Waals surface area contributed by atoms with Gasteiger partial charge in [-0.1, -0.05) is 0 Å². The Hall–Kier alpha value is -0.870. The van der Waals surface area contributed by atoms with Gasteiger partial charge in [0.15, 0.2) is 0 Å². The molecule has 1 aromatic rings. The Morgan fingerprint density at radius 1 is 1.53 bits per heavy atom. The quantitative estimate of drug-likeness (QED) is 0.857. The molecule has 4 heteroatoms. The van der Waals surface area contributed by atoms with Crippen LogP contribution >= 0.6 is 0 Å². The zero-order valence-electron chi connectivity index (χ0n) is 11.0. The fraction of sp³-hybridized carbons (Fsp3) is 0.769. The van der Waals surface area contributed by atoms with Crippen LogP contribution in [0.25, 0.3) is 0 Å². The van der Waals surface area contributed by atoms with Crippen molar-refractivity contribution in [2.75, 3.05) is 19.6 Å². The third kappa shape index (κ3) is 3.30. The lowest BCUT2D eigenvalue weighted by atomic mass is 9.95. The lowest BCUT2D eigenvalue weighted by molar-refractivity contribution is 0.160. The van der Waals surface area contributed by atoms with Crippen LogP contribution in [0, 0.1) is 12.8 Å². The van der Waals surface area contributed by atoms with Gasteiger partial charge in [0.05, 0.1) is 11.4 Å². The summed E-state index contributed by atoms with van der Waals surface area (Å²) in [7, 11) is 2.03. The molecule has 0 aliphatic carbocycles. The molecule has 0 bridgehead atoms. The van der Waals surface area contributed by atoms with Gasteiger partial charge in [-0.25, -0.2) is 0 Å². The largest absolute Gasteiger partial charge is 0.330 e. The number of likely N-dealkylation sites (tertiary alicyclic amines) is 1. The summed E-state index contributed by atoms with van der Waals surface area (Å²) in [5.41, 5.74) is 8.08. The Balaban J connectivity index is 1.92. The molecule has 96 valence electrons. The predicted octanol–water partition coefficient (Wildman–Crippen LogP) is 1.29. The second-order valence-electron chi connectivity index (χ2n) is 5.22. The van der Waals surface area contributed by atoms with Gasteiger partial charge in [-0.2, -0.15) is 5.10 Å². The lowest BCUT2D eigenvalue weighted by Gasteiger charge is -2.32. The maximum Gasteiger partial charge on any atom is 0.0597 e. The van der Waals surface area contributed by atoms with Gasteiger partial charge in [-0.3, -0.25) is 9.58 Å². The molecule has 0 radical (unpaired) electrons. The highest BCUT2D eigenvalue weighted by Gasteiger charge is 2.20. The zero-order chi connectivity index (χ0) is 12.3. The average molecular weight is 236 g/mol. The normalized spacial score (nSPS) is 21.9. The van der Waals surface area contributed by atoms with Crippen LogP contribution in [0.15, 0.2) is 6.07 Å². The van der Waals surface area contributed by atoms with Gasteiger partial charge in [0.1, 0.15) is 0 Å². The average Bonchev–Trinajstić information content (AvgIpc) is 2.58. The van der Waals surface area contributed by atoms with Crippen LogP contribution in [0.1, 0.15) is 30.7 Å². The number of aromatic nitrogens is 2. The fourth-order valence-electron chi connectivity index (χ4n) is 2.81. The van der Waals surface area contributed by atoms with Gasteiger partial charge in [-0.15, -0.1) is 0 Å². The molecular formula is C13H24N4. The van der Waals surface area contributed by atoms with Gasteiger partial charge in [0.25, 0.3) is 0 Å². The second-order valence-corrected chi connectivity index (χ2v) is 5.22. The standard InChI is InChI=1S/C13H24N4/c1-11-8-13(16(2)15-11)10-17-7-3-4-12(9-17)5-6-14/h8,12H,3-7,9-10,14H2,1-2H3. The maximum atomic E-state index is 5.65. The summed E-state index contributed by atoms with van der Waals surface area (Å²) in [5.74, 6) is 0.795. The van der Waals surface area contributed by atoms with E-state index in [0.29, 0.717) is 0 Å². The Morgan fingerprint density at radius 2 is 2.35 bits per heavy atom. The molecule has 0 amide bonds. The maximum absolute atomic E-state index is 5.65. The third-order valence-corrected chi connectivity index (χ3v) is 3.66. The highest BCUT2D eigenvalue weighted by Crippen LogP contribution is 2.20. The summed E-state index contributed by atoms with van der Waals surface area (Å²) < 4.78 is 2.00. The minimum absolute atomic E-state index is 0.795. The van der Waals surface area contributed by atoms with E-state index in [2.05, 4.69) is 23.0 Å². The molecule has 1 unspecified atom stereocenters. The molecule has 0 spiro atoms. The van der Waals surface area contributed by atoms with Crippen molar-refractivity contribution in [3.8, 4) is 0 Å². The van der Waals surface area contributed by atoms with E-state index in [9.17, 15) is 0 Å². The Kier molecular flexibility index (Phi) is 4.18. The van der Waals surface area contributed by atoms with Crippen LogP contribution in [0.4, 0.5) is 0 Å². The van der Waals surface area contributed by atoms with Crippen molar-refractivity contribution in [1.29, 1.82) is 0 Å². The number of aryl methyl sites for hydroxylation is 2. The fourth-order valence-corrected chi connectivity index (χ4v) is 2.81. The van der Waals surface area contributed by atoms with Crippen molar-refractivity contribution in [3.63, 3.8) is 0 Å². The topological polar surface area (TPSA) is 47.1 Å². The van der Waals surface area contributed by atoms with E-state index in [0.717, 1.165) is 24.7 Å². The molecule has 1 saturated heterocycles. The van der Waals surface area contributed by atoms with E-state index in [-0.39, 0.29) is 0 Å². The second kappa shape index (κ2) is 5.65. The lowest BCUT2D eigenvalue weighted by Crippen LogP contribution is -2.36. The molecule has 1 fully saturated rings. The van der Waals surface area contributed by atoms with E-state index in [1.165, 1.54) is 38.0 Å². The number of nitrogens with zero attached hydrogens (tertiary/aromatic N) is 3. The minimum Gasteiger partial charge on any atom is -0.330 e. The first kappa shape index (κ1) is 12.6. The highest BCUT2D eigenvalue weighted by molar-refractivity contribution is 5.08. The van der Waals surface area contributed by atoms with E-state index in [4.69, 9.17) is 5.73 Å². The summed E-state index contributed by atoms with van der Waals surface area (Å²) in [4.78, 5) is 2.54. The predicted molar refractivity (Wildman–Crippen MR) is 69.6 cm³/mol. The van der Waals surface area contributed by atoms with E-state index in [1.807, 2.05) is 11.7 Å². The molecule has 1 atom stereocenters. The first-order valence-electron chi connectivity index (χ1n) is 6.61. The van der Waals surface area contributed by atoms with Gasteiger partial charge in [-0.05, 0) is 51.3 Å². The van der Waals surface area contributed by atoms with Gasteiger partial charge >= 0.3 is 0 Å². The summed E-state index contributed by atoms with van der Waals surface area (Å²) >= 11 is 0.